The highest BCUT2D eigenvalue weighted by Gasteiger charge is 2.07. The van der Waals surface area contributed by atoms with E-state index in [1.165, 1.54) is 12.1 Å². The van der Waals surface area contributed by atoms with Crippen LogP contribution in [0.15, 0.2) is 30.5 Å². The molecule has 0 radical (unpaired) electrons. The molecule has 0 fully saturated rings. The van der Waals surface area contributed by atoms with E-state index >= 15 is 0 Å². The Morgan fingerprint density at radius 2 is 2.29 bits per heavy atom. The van der Waals surface area contributed by atoms with E-state index in [4.69, 9.17) is 12.2 Å². The molecule has 2 N–H and O–H groups in total. The summed E-state index contributed by atoms with van der Waals surface area (Å²) in [6.45, 7) is 2.47. The van der Waals surface area contributed by atoms with E-state index in [0.29, 0.717) is 17.3 Å². The van der Waals surface area contributed by atoms with Gasteiger partial charge in [-0.15, -0.1) is 0 Å². The van der Waals surface area contributed by atoms with Crippen LogP contribution >= 0.6 is 12.2 Å². The van der Waals surface area contributed by atoms with Crippen molar-refractivity contribution in [1.29, 1.82) is 0 Å². The Kier molecular flexibility index (Phi) is 4.49. The smallest absolute Gasteiger partial charge is 0.271 e. The highest BCUT2D eigenvalue weighted by Crippen LogP contribution is 2.16. The minimum absolute atomic E-state index is 0.0194. The number of hydrogen-bond donors (Lipinski definition) is 2. The molecular weight excluding hydrogens is 290 g/mol. The average Bonchev–Trinajstić information content (AvgIpc) is 2.75. The molecule has 0 bridgehead atoms. The van der Waals surface area contributed by atoms with Crippen LogP contribution in [0.1, 0.15) is 11.3 Å². The van der Waals surface area contributed by atoms with Gasteiger partial charge in [-0.05, 0) is 25.2 Å². The quantitative estimate of drug-likeness (QED) is 0.511. The third kappa shape index (κ3) is 3.99. The highest BCUT2D eigenvalue weighted by atomic mass is 32.1. The number of thiocarbonyl (C=S) groups is 1. The Balaban J connectivity index is 1.94. The Labute approximate surface area is 127 Å². The minimum Gasteiger partial charge on any atom is -0.358 e. The first-order valence-electron chi connectivity index (χ1n) is 6.24. The zero-order valence-corrected chi connectivity index (χ0v) is 12.5. The third-order valence-corrected chi connectivity index (χ3v) is 3.12. The van der Waals surface area contributed by atoms with Crippen molar-refractivity contribution < 1.29 is 4.92 Å². The zero-order valence-electron chi connectivity index (χ0n) is 11.7. The monoisotopic (exact) mass is 305 g/mol. The fourth-order valence-electron chi connectivity index (χ4n) is 1.87. The van der Waals surface area contributed by atoms with Crippen molar-refractivity contribution in [2.45, 2.75) is 13.5 Å². The van der Waals surface area contributed by atoms with Gasteiger partial charge in [-0.25, -0.2) is 0 Å². The number of non-ortho nitro benzene ring substituents is 1. The summed E-state index contributed by atoms with van der Waals surface area (Å²) in [7, 11) is 1.86. The van der Waals surface area contributed by atoms with Gasteiger partial charge in [0.25, 0.3) is 5.69 Å². The van der Waals surface area contributed by atoms with Gasteiger partial charge < -0.3 is 10.6 Å². The summed E-state index contributed by atoms with van der Waals surface area (Å²) >= 11 is 5.17. The second kappa shape index (κ2) is 6.31. The first-order chi connectivity index (χ1) is 9.95. The molecule has 8 heteroatoms. The van der Waals surface area contributed by atoms with E-state index < -0.39 is 4.92 Å². The van der Waals surface area contributed by atoms with Crippen LogP contribution in [-0.2, 0) is 13.6 Å². The highest BCUT2D eigenvalue weighted by molar-refractivity contribution is 7.80. The lowest BCUT2D eigenvalue weighted by Crippen LogP contribution is -2.28. The van der Waals surface area contributed by atoms with Crippen LogP contribution in [0.25, 0.3) is 0 Å². The second-order valence-electron chi connectivity index (χ2n) is 4.53. The maximum absolute atomic E-state index is 10.7. The van der Waals surface area contributed by atoms with E-state index in [-0.39, 0.29) is 5.69 Å². The number of nitro benzene ring substituents is 1. The van der Waals surface area contributed by atoms with Gasteiger partial charge in [0.15, 0.2) is 5.11 Å². The molecule has 0 saturated carbocycles. The van der Waals surface area contributed by atoms with Gasteiger partial charge in [-0.3, -0.25) is 14.8 Å². The summed E-state index contributed by atoms with van der Waals surface area (Å²) in [5, 5.41) is 21.3. The number of benzene rings is 1. The summed E-state index contributed by atoms with van der Waals surface area (Å²) in [5.74, 6) is 0. The van der Waals surface area contributed by atoms with Gasteiger partial charge in [-0.1, -0.05) is 6.07 Å². The lowest BCUT2D eigenvalue weighted by molar-refractivity contribution is -0.384. The van der Waals surface area contributed by atoms with Gasteiger partial charge in [0.2, 0.25) is 0 Å². The van der Waals surface area contributed by atoms with E-state index in [1.807, 2.05) is 20.2 Å². The molecule has 2 rings (SSSR count). The van der Waals surface area contributed by atoms with Gasteiger partial charge >= 0.3 is 0 Å². The minimum atomic E-state index is -0.444. The van der Waals surface area contributed by atoms with Crippen molar-refractivity contribution in [3.05, 3.63) is 51.8 Å². The lowest BCUT2D eigenvalue weighted by atomic mass is 10.2. The maximum atomic E-state index is 10.7. The van der Waals surface area contributed by atoms with Crippen LogP contribution in [0.2, 0.25) is 0 Å². The second-order valence-corrected chi connectivity index (χ2v) is 4.94. The molecule has 0 spiro atoms. The summed E-state index contributed by atoms with van der Waals surface area (Å²) in [6.07, 6.45) is 1.91. The number of aryl methyl sites for hydroxylation is 2. The van der Waals surface area contributed by atoms with E-state index in [2.05, 4.69) is 15.7 Å². The molecule has 7 nitrogen and oxygen atoms in total. The summed E-state index contributed by atoms with van der Waals surface area (Å²) in [4.78, 5) is 10.3. The van der Waals surface area contributed by atoms with Crippen LogP contribution in [0.5, 0.6) is 0 Å². The summed E-state index contributed by atoms with van der Waals surface area (Å²) in [6, 6.07) is 6.19. The van der Waals surface area contributed by atoms with Crippen LogP contribution < -0.4 is 10.6 Å². The number of anilines is 1. The Hall–Kier alpha value is -2.48. The Bertz CT molecular complexity index is 683. The molecule has 0 amide bonds. The molecule has 0 aliphatic heterocycles. The first-order valence-corrected chi connectivity index (χ1v) is 6.65. The van der Waals surface area contributed by atoms with E-state index in [9.17, 15) is 10.1 Å². The van der Waals surface area contributed by atoms with Crippen LogP contribution in [0.3, 0.4) is 0 Å². The van der Waals surface area contributed by atoms with Crippen molar-refractivity contribution in [1.82, 2.24) is 15.1 Å². The molecular formula is C13H15N5O2S. The Morgan fingerprint density at radius 1 is 1.52 bits per heavy atom. The third-order valence-electron chi connectivity index (χ3n) is 2.87. The largest absolute Gasteiger partial charge is 0.358 e. The van der Waals surface area contributed by atoms with Gasteiger partial charge in [0.1, 0.15) is 0 Å². The molecule has 0 atom stereocenters. The summed E-state index contributed by atoms with van der Waals surface area (Å²) in [5.41, 5.74) is 2.57. The summed E-state index contributed by atoms with van der Waals surface area (Å²) < 4.78 is 1.74. The number of rotatable bonds is 4. The van der Waals surface area contributed by atoms with Crippen molar-refractivity contribution >= 4 is 28.7 Å². The van der Waals surface area contributed by atoms with Gasteiger partial charge in [0.05, 0.1) is 10.6 Å². The number of nitrogens with zero attached hydrogens (tertiary/aromatic N) is 3. The predicted molar refractivity (Wildman–Crippen MR) is 84.1 cm³/mol. The molecule has 1 aromatic heterocycles. The predicted octanol–water partition coefficient (Wildman–Crippen LogP) is 2.12. The average molecular weight is 305 g/mol. The van der Waals surface area contributed by atoms with Crippen molar-refractivity contribution in [3.63, 3.8) is 0 Å². The van der Waals surface area contributed by atoms with Gasteiger partial charge in [-0.2, -0.15) is 5.10 Å². The SMILES string of the molecule is Cc1nn(C)cc1CNC(=S)Nc1cccc([N+](=O)[O-])c1. The van der Waals surface area contributed by atoms with Crippen LogP contribution in [-0.4, -0.2) is 19.8 Å². The standard InChI is InChI=1S/C13H15N5O2S/c1-9-10(8-17(2)16-9)7-14-13(21)15-11-4-3-5-12(6-11)18(19)20/h3-6,8H,7H2,1-2H3,(H2,14,15,21). The van der Waals surface area contributed by atoms with Crippen molar-refractivity contribution in [3.8, 4) is 0 Å². The molecule has 110 valence electrons. The fourth-order valence-corrected chi connectivity index (χ4v) is 2.06. The number of hydrogen-bond acceptors (Lipinski definition) is 4. The van der Waals surface area contributed by atoms with E-state index in [1.54, 1.807) is 16.8 Å². The number of nitro groups is 1. The molecule has 1 heterocycles. The molecule has 0 aliphatic rings. The topological polar surface area (TPSA) is 85.0 Å². The lowest BCUT2D eigenvalue weighted by Gasteiger charge is -2.09. The first kappa shape index (κ1) is 14.9. The number of aromatic nitrogens is 2. The Morgan fingerprint density at radius 3 is 2.90 bits per heavy atom. The maximum Gasteiger partial charge on any atom is 0.271 e. The van der Waals surface area contributed by atoms with Crippen LogP contribution in [0, 0.1) is 17.0 Å². The number of nitrogens with one attached hydrogen (secondary N) is 2. The van der Waals surface area contributed by atoms with E-state index in [0.717, 1.165) is 11.3 Å². The molecule has 0 unspecified atom stereocenters. The molecule has 1 aromatic carbocycles. The molecule has 0 aliphatic carbocycles. The molecule has 21 heavy (non-hydrogen) atoms. The van der Waals surface area contributed by atoms with Crippen molar-refractivity contribution in [2.75, 3.05) is 5.32 Å². The van der Waals surface area contributed by atoms with Crippen molar-refractivity contribution in [2.24, 2.45) is 7.05 Å². The van der Waals surface area contributed by atoms with Gasteiger partial charge in [0, 0.05) is 43.2 Å². The zero-order chi connectivity index (χ0) is 15.4. The fraction of sp³-hybridized carbons (Fsp3) is 0.231. The molecule has 0 saturated heterocycles. The normalized spacial score (nSPS) is 10.2. The van der Waals surface area contributed by atoms with Crippen LogP contribution in [0.4, 0.5) is 11.4 Å². The molecule has 2 aromatic rings.